The molecule has 0 unspecified atom stereocenters. The van der Waals surface area contributed by atoms with Crippen molar-refractivity contribution in [3.05, 3.63) is 77.2 Å². The number of nitrogens with one attached hydrogen (secondary N) is 1. The van der Waals surface area contributed by atoms with Gasteiger partial charge >= 0.3 is 0 Å². The molecule has 0 saturated carbocycles. The van der Waals surface area contributed by atoms with Gasteiger partial charge in [-0.05, 0) is 29.8 Å². The van der Waals surface area contributed by atoms with Crippen LogP contribution >= 0.6 is 0 Å². The normalized spacial score (nSPS) is 10.2. The van der Waals surface area contributed by atoms with Gasteiger partial charge in [-0.3, -0.25) is 9.78 Å². The van der Waals surface area contributed by atoms with E-state index in [1.165, 1.54) is 31.5 Å². The summed E-state index contributed by atoms with van der Waals surface area (Å²) in [5.41, 5.74) is 2.05. The zero-order valence-corrected chi connectivity index (χ0v) is 14.9. The highest BCUT2D eigenvalue weighted by atomic mass is 19.1. The molecule has 0 fully saturated rings. The van der Waals surface area contributed by atoms with Crippen LogP contribution in [-0.4, -0.2) is 23.1 Å². The van der Waals surface area contributed by atoms with Crippen molar-refractivity contribution in [2.75, 3.05) is 7.11 Å². The Morgan fingerprint density at radius 1 is 1.25 bits per heavy atom. The van der Waals surface area contributed by atoms with Crippen molar-refractivity contribution >= 4 is 5.91 Å². The van der Waals surface area contributed by atoms with E-state index in [1.807, 2.05) is 6.07 Å². The van der Waals surface area contributed by atoms with Crippen molar-refractivity contribution in [2.45, 2.75) is 6.54 Å². The van der Waals surface area contributed by atoms with Crippen molar-refractivity contribution in [1.82, 2.24) is 10.3 Å². The summed E-state index contributed by atoms with van der Waals surface area (Å²) >= 11 is 0. The van der Waals surface area contributed by atoms with Gasteiger partial charge < -0.3 is 15.2 Å². The molecule has 0 spiro atoms. The summed E-state index contributed by atoms with van der Waals surface area (Å²) in [7, 11) is 1.41. The highest BCUT2D eigenvalue weighted by Crippen LogP contribution is 2.27. The first kappa shape index (κ1) is 18.9. The molecular formula is C21H16FN3O3. The van der Waals surface area contributed by atoms with Crippen molar-refractivity contribution in [3.63, 3.8) is 0 Å². The van der Waals surface area contributed by atoms with E-state index in [-0.39, 0.29) is 29.2 Å². The number of nitrogens with zero attached hydrogens (tertiary/aromatic N) is 2. The second kappa shape index (κ2) is 8.18. The maximum absolute atomic E-state index is 13.4. The van der Waals surface area contributed by atoms with Gasteiger partial charge in [0.1, 0.15) is 28.9 Å². The third-order valence-electron chi connectivity index (χ3n) is 4.13. The third-order valence-corrected chi connectivity index (χ3v) is 4.13. The average Bonchev–Trinajstić information content (AvgIpc) is 2.72. The van der Waals surface area contributed by atoms with Crippen molar-refractivity contribution in [1.29, 1.82) is 5.26 Å². The van der Waals surface area contributed by atoms with Crippen LogP contribution < -0.4 is 10.1 Å². The van der Waals surface area contributed by atoms with Gasteiger partial charge in [0.2, 0.25) is 0 Å². The number of aromatic hydroxyl groups is 1. The Morgan fingerprint density at radius 3 is 2.68 bits per heavy atom. The molecule has 0 aliphatic carbocycles. The Hall–Kier alpha value is -3.92. The van der Waals surface area contributed by atoms with Crippen molar-refractivity contribution in [3.8, 4) is 28.8 Å². The van der Waals surface area contributed by atoms with Gasteiger partial charge in [0, 0.05) is 18.3 Å². The predicted octanol–water partition coefficient (Wildman–Crippen LogP) is 3.40. The molecule has 2 aromatic carbocycles. The molecule has 0 bridgehead atoms. The molecule has 3 rings (SSSR count). The first-order valence-corrected chi connectivity index (χ1v) is 8.32. The topological polar surface area (TPSA) is 95.2 Å². The smallest absolute Gasteiger partial charge is 0.255 e. The Labute approximate surface area is 160 Å². The summed E-state index contributed by atoms with van der Waals surface area (Å²) < 4.78 is 18.5. The van der Waals surface area contributed by atoms with Crippen LogP contribution in [0.3, 0.4) is 0 Å². The molecule has 1 aromatic heterocycles. The van der Waals surface area contributed by atoms with E-state index in [2.05, 4.69) is 10.3 Å². The van der Waals surface area contributed by atoms with Crippen LogP contribution in [0.15, 0.2) is 54.7 Å². The Balaban J connectivity index is 1.74. The quantitative estimate of drug-likeness (QED) is 0.711. The molecule has 0 saturated heterocycles. The number of pyridine rings is 1. The number of carbonyl (C=O) groups excluding carboxylic acids is 1. The lowest BCUT2D eigenvalue weighted by Crippen LogP contribution is -2.23. The van der Waals surface area contributed by atoms with Gasteiger partial charge in [-0.15, -0.1) is 0 Å². The average molecular weight is 377 g/mol. The highest BCUT2D eigenvalue weighted by molar-refractivity contribution is 5.96. The van der Waals surface area contributed by atoms with E-state index in [0.29, 0.717) is 11.3 Å². The number of hydrogen-bond acceptors (Lipinski definition) is 5. The first-order valence-electron chi connectivity index (χ1n) is 8.32. The second-order valence-corrected chi connectivity index (χ2v) is 5.89. The zero-order chi connectivity index (χ0) is 20.1. The Bertz CT molecular complexity index is 1060. The summed E-state index contributed by atoms with van der Waals surface area (Å²) in [5.74, 6) is -0.829. The van der Waals surface area contributed by atoms with Crippen LogP contribution in [-0.2, 0) is 6.54 Å². The van der Waals surface area contributed by atoms with Gasteiger partial charge in [-0.25, -0.2) is 4.39 Å². The Kier molecular flexibility index (Phi) is 5.51. The molecule has 0 radical (unpaired) electrons. The van der Waals surface area contributed by atoms with E-state index >= 15 is 0 Å². The number of hydrogen-bond donors (Lipinski definition) is 2. The van der Waals surface area contributed by atoms with Crippen LogP contribution in [0.25, 0.3) is 11.3 Å². The van der Waals surface area contributed by atoms with E-state index < -0.39 is 11.7 Å². The molecule has 0 aliphatic heterocycles. The van der Waals surface area contributed by atoms with Gasteiger partial charge in [-0.2, -0.15) is 5.26 Å². The SMILES string of the molecule is COc1ccc(F)cc1C(=O)NCc1ccc(-c2nccc(O)c2C#N)cc1. The van der Waals surface area contributed by atoms with E-state index in [4.69, 9.17) is 4.74 Å². The number of amides is 1. The summed E-state index contributed by atoms with van der Waals surface area (Å²) in [4.78, 5) is 16.5. The highest BCUT2D eigenvalue weighted by Gasteiger charge is 2.14. The molecule has 6 nitrogen and oxygen atoms in total. The number of nitriles is 1. The van der Waals surface area contributed by atoms with Crippen LogP contribution in [0.4, 0.5) is 4.39 Å². The number of halogens is 1. The third kappa shape index (κ3) is 3.91. The number of aromatic nitrogens is 1. The first-order chi connectivity index (χ1) is 13.5. The maximum Gasteiger partial charge on any atom is 0.255 e. The summed E-state index contributed by atoms with van der Waals surface area (Å²) in [5, 5.41) is 21.7. The molecule has 1 amide bonds. The van der Waals surface area contributed by atoms with E-state index in [1.54, 1.807) is 24.3 Å². The van der Waals surface area contributed by atoms with Crippen LogP contribution in [0, 0.1) is 17.1 Å². The monoisotopic (exact) mass is 377 g/mol. The molecule has 7 heteroatoms. The molecule has 3 aromatic rings. The lowest BCUT2D eigenvalue weighted by molar-refractivity contribution is 0.0947. The minimum absolute atomic E-state index is 0.0988. The van der Waals surface area contributed by atoms with E-state index in [0.717, 1.165) is 11.6 Å². The number of rotatable bonds is 5. The maximum atomic E-state index is 13.4. The lowest BCUT2D eigenvalue weighted by Gasteiger charge is -2.10. The molecule has 0 aliphatic rings. The standard InChI is InChI=1S/C21H16FN3O3/c1-28-19-7-6-15(22)10-16(19)21(27)25-12-13-2-4-14(5-3-13)20-17(11-23)18(26)8-9-24-20/h2-10H,12H2,1H3,(H,24,26)(H,25,27). The van der Waals surface area contributed by atoms with Crippen LogP contribution in [0.1, 0.15) is 21.5 Å². The summed E-state index contributed by atoms with van der Waals surface area (Å²) in [6.45, 7) is 0.220. The van der Waals surface area contributed by atoms with E-state index in [9.17, 15) is 19.6 Å². The molecular weight excluding hydrogens is 361 g/mol. The molecule has 0 atom stereocenters. The van der Waals surface area contributed by atoms with Gasteiger partial charge in [-0.1, -0.05) is 24.3 Å². The fourth-order valence-electron chi connectivity index (χ4n) is 2.70. The molecule has 28 heavy (non-hydrogen) atoms. The number of ether oxygens (including phenoxy) is 1. The van der Waals surface area contributed by atoms with Crippen molar-refractivity contribution in [2.24, 2.45) is 0 Å². The Morgan fingerprint density at radius 2 is 2.00 bits per heavy atom. The molecule has 2 N–H and O–H groups in total. The molecule has 140 valence electrons. The summed E-state index contributed by atoms with van der Waals surface area (Å²) in [6, 6.07) is 14.1. The number of carbonyl (C=O) groups is 1. The lowest BCUT2D eigenvalue weighted by atomic mass is 10.0. The second-order valence-electron chi connectivity index (χ2n) is 5.89. The van der Waals surface area contributed by atoms with Gasteiger partial charge in [0.05, 0.1) is 18.4 Å². The van der Waals surface area contributed by atoms with Gasteiger partial charge in [0.15, 0.2) is 0 Å². The predicted molar refractivity (Wildman–Crippen MR) is 100 cm³/mol. The van der Waals surface area contributed by atoms with Gasteiger partial charge in [0.25, 0.3) is 5.91 Å². The fraction of sp³-hybridized carbons (Fsp3) is 0.0952. The zero-order valence-electron chi connectivity index (χ0n) is 14.9. The summed E-state index contributed by atoms with van der Waals surface area (Å²) in [6.07, 6.45) is 1.42. The van der Waals surface area contributed by atoms with Crippen LogP contribution in [0.2, 0.25) is 0 Å². The fourth-order valence-corrected chi connectivity index (χ4v) is 2.70. The minimum atomic E-state index is -0.526. The molecule has 1 heterocycles. The van der Waals surface area contributed by atoms with Crippen LogP contribution in [0.5, 0.6) is 11.5 Å². The van der Waals surface area contributed by atoms with Crippen molar-refractivity contribution < 1.29 is 19.0 Å². The largest absolute Gasteiger partial charge is 0.506 e. The number of benzene rings is 2. The number of methoxy groups -OCH3 is 1. The minimum Gasteiger partial charge on any atom is -0.506 e.